The van der Waals surface area contributed by atoms with Crippen LogP contribution < -0.4 is 5.32 Å². The van der Waals surface area contributed by atoms with Crippen molar-refractivity contribution >= 4 is 17.5 Å². The molecule has 164 valence electrons. The number of aliphatic hydroxyl groups excluding tert-OH is 1. The normalized spacial score (nSPS) is 21.5. The summed E-state index contributed by atoms with van der Waals surface area (Å²) >= 11 is 0. The van der Waals surface area contributed by atoms with E-state index in [1.165, 1.54) is 12.1 Å². The van der Waals surface area contributed by atoms with Gasteiger partial charge < -0.3 is 20.4 Å². The van der Waals surface area contributed by atoms with E-state index in [1.54, 1.807) is 29.2 Å². The Bertz CT molecular complexity index is 995. The first kappa shape index (κ1) is 21.5. The Balaban J connectivity index is 1.30. The van der Waals surface area contributed by atoms with Crippen LogP contribution in [0.5, 0.6) is 0 Å². The second kappa shape index (κ2) is 8.77. The molecule has 1 saturated heterocycles. The summed E-state index contributed by atoms with van der Waals surface area (Å²) in [6.45, 7) is 0.649. The summed E-state index contributed by atoms with van der Waals surface area (Å²) in [6, 6.07) is 11.6. The van der Waals surface area contributed by atoms with Crippen LogP contribution in [-0.2, 0) is 22.4 Å². The topological polar surface area (TPSA) is 89.9 Å². The molecule has 0 spiro atoms. The van der Waals surface area contributed by atoms with Crippen molar-refractivity contribution in [1.82, 2.24) is 4.90 Å². The van der Waals surface area contributed by atoms with E-state index in [2.05, 4.69) is 5.32 Å². The predicted molar refractivity (Wildman–Crippen MR) is 114 cm³/mol. The summed E-state index contributed by atoms with van der Waals surface area (Å²) in [4.78, 5) is 25.7. The minimum atomic E-state index is -1.06. The number of hydrogen-bond donors (Lipinski definition) is 3. The Morgan fingerprint density at radius 2 is 2.06 bits per heavy atom. The summed E-state index contributed by atoms with van der Waals surface area (Å²) in [5, 5.41) is 24.2. The van der Waals surface area contributed by atoms with Gasteiger partial charge in [0.2, 0.25) is 11.8 Å². The van der Waals surface area contributed by atoms with E-state index in [-0.39, 0.29) is 37.0 Å². The third kappa shape index (κ3) is 5.11. The number of β-amino-alcohol motifs (C(OH)–C–C–N with tert-alkyl or cyclic N) is 1. The largest absolute Gasteiger partial charge is 0.388 e. The van der Waals surface area contributed by atoms with E-state index in [0.29, 0.717) is 37.8 Å². The van der Waals surface area contributed by atoms with Gasteiger partial charge in [0.1, 0.15) is 5.82 Å². The molecule has 0 bridgehead atoms. The summed E-state index contributed by atoms with van der Waals surface area (Å²) in [5.41, 5.74) is 2.13. The van der Waals surface area contributed by atoms with Crippen LogP contribution in [0.4, 0.5) is 10.1 Å². The Hall–Kier alpha value is -2.77. The minimum Gasteiger partial charge on any atom is -0.388 e. The number of amides is 2. The molecule has 0 aliphatic carbocycles. The molecule has 0 aromatic heterocycles. The lowest BCUT2D eigenvalue weighted by Crippen LogP contribution is -2.37. The van der Waals surface area contributed by atoms with Gasteiger partial charge in [0.15, 0.2) is 0 Å². The van der Waals surface area contributed by atoms with Crippen LogP contribution in [0.1, 0.15) is 48.5 Å². The van der Waals surface area contributed by atoms with Gasteiger partial charge in [0.25, 0.3) is 0 Å². The van der Waals surface area contributed by atoms with Gasteiger partial charge in [-0.05, 0) is 54.2 Å². The zero-order valence-corrected chi connectivity index (χ0v) is 17.3. The first-order chi connectivity index (χ1) is 14.8. The molecular formula is C24H27FN2O4. The molecule has 2 aliphatic rings. The van der Waals surface area contributed by atoms with Crippen molar-refractivity contribution in [2.24, 2.45) is 0 Å². The standard InChI is InChI=1S/C24H27FN2O4/c25-19-3-1-2-16(12-19)14-24(31)10-11-27(15-24)23(30)9-7-21(28)18-4-6-20-17(13-18)5-8-22(29)26-20/h1-4,6,12-13,21,28,31H,5,7-11,14-15H2,(H,26,29). The van der Waals surface area contributed by atoms with Crippen LogP contribution in [-0.4, -0.2) is 45.6 Å². The number of halogens is 1. The second-order valence-corrected chi connectivity index (χ2v) is 8.62. The molecule has 0 radical (unpaired) electrons. The number of likely N-dealkylation sites (tertiary alicyclic amines) is 1. The summed E-state index contributed by atoms with van der Waals surface area (Å²) in [6.07, 6.45) is 1.47. The van der Waals surface area contributed by atoms with Crippen molar-refractivity contribution in [1.29, 1.82) is 0 Å². The van der Waals surface area contributed by atoms with Crippen molar-refractivity contribution < 1.29 is 24.2 Å². The number of carbonyl (C=O) groups excluding carboxylic acids is 2. The first-order valence-electron chi connectivity index (χ1n) is 10.7. The third-order valence-electron chi connectivity index (χ3n) is 6.15. The predicted octanol–water partition coefficient (Wildman–Crippen LogP) is 2.73. The van der Waals surface area contributed by atoms with Crippen molar-refractivity contribution in [3.8, 4) is 0 Å². The highest BCUT2D eigenvalue weighted by molar-refractivity contribution is 5.93. The molecule has 2 aromatic rings. The van der Waals surface area contributed by atoms with Crippen LogP contribution >= 0.6 is 0 Å². The zero-order chi connectivity index (χ0) is 22.0. The van der Waals surface area contributed by atoms with Gasteiger partial charge in [-0.25, -0.2) is 4.39 Å². The average Bonchev–Trinajstić information content (AvgIpc) is 3.13. The number of aryl methyl sites for hydroxylation is 1. The van der Waals surface area contributed by atoms with E-state index in [4.69, 9.17) is 0 Å². The molecule has 2 aromatic carbocycles. The smallest absolute Gasteiger partial charge is 0.224 e. The lowest BCUT2D eigenvalue weighted by molar-refractivity contribution is -0.131. The van der Waals surface area contributed by atoms with E-state index in [9.17, 15) is 24.2 Å². The van der Waals surface area contributed by atoms with Crippen LogP contribution in [0, 0.1) is 5.82 Å². The van der Waals surface area contributed by atoms with Crippen molar-refractivity contribution in [3.63, 3.8) is 0 Å². The maximum Gasteiger partial charge on any atom is 0.224 e. The third-order valence-corrected chi connectivity index (χ3v) is 6.15. The van der Waals surface area contributed by atoms with Gasteiger partial charge in [0, 0.05) is 38.0 Å². The molecular weight excluding hydrogens is 399 g/mol. The Morgan fingerprint density at radius 3 is 2.87 bits per heavy atom. The average molecular weight is 426 g/mol. The van der Waals surface area contributed by atoms with Crippen LogP contribution in [0.15, 0.2) is 42.5 Å². The van der Waals surface area contributed by atoms with Gasteiger partial charge in [-0.2, -0.15) is 0 Å². The number of anilines is 1. The van der Waals surface area contributed by atoms with Crippen molar-refractivity contribution in [2.75, 3.05) is 18.4 Å². The molecule has 2 atom stereocenters. The summed E-state index contributed by atoms with van der Waals surface area (Å²) < 4.78 is 13.4. The summed E-state index contributed by atoms with van der Waals surface area (Å²) in [7, 11) is 0. The van der Waals surface area contributed by atoms with E-state index >= 15 is 0 Å². The van der Waals surface area contributed by atoms with E-state index < -0.39 is 11.7 Å². The van der Waals surface area contributed by atoms with Gasteiger partial charge in [0.05, 0.1) is 11.7 Å². The summed E-state index contributed by atoms with van der Waals surface area (Å²) in [5.74, 6) is -0.459. The number of hydrogen-bond acceptors (Lipinski definition) is 4. The highest BCUT2D eigenvalue weighted by atomic mass is 19.1. The number of rotatable bonds is 6. The SMILES string of the molecule is O=C1CCc2cc(C(O)CCC(=O)N3CCC(O)(Cc4cccc(F)c4)C3)ccc2N1. The number of benzene rings is 2. The number of aliphatic hydroxyl groups is 2. The van der Waals surface area contributed by atoms with Gasteiger partial charge in [-0.1, -0.05) is 24.3 Å². The van der Waals surface area contributed by atoms with Crippen molar-refractivity contribution in [2.45, 2.75) is 50.2 Å². The molecule has 2 heterocycles. The number of nitrogens with zero attached hydrogens (tertiary/aromatic N) is 1. The lowest BCUT2D eigenvalue weighted by atomic mass is 9.94. The fourth-order valence-corrected chi connectivity index (χ4v) is 4.44. The highest BCUT2D eigenvalue weighted by Gasteiger charge is 2.38. The van der Waals surface area contributed by atoms with Crippen LogP contribution in [0.25, 0.3) is 0 Å². The van der Waals surface area contributed by atoms with Gasteiger partial charge >= 0.3 is 0 Å². The molecule has 0 saturated carbocycles. The molecule has 7 heteroatoms. The van der Waals surface area contributed by atoms with E-state index in [0.717, 1.165) is 16.8 Å². The molecule has 6 nitrogen and oxygen atoms in total. The molecule has 31 heavy (non-hydrogen) atoms. The maximum atomic E-state index is 13.4. The molecule has 3 N–H and O–H groups in total. The van der Waals surface area contributed by atoms with Crippen molar-refractivity contribution in [3.05, 3.63) is 65.0 Å². The van der Waals surface area contributed by atoms with Gasteiger partial charge in [-0.15, -0.1) is 0 Å². The first-order valence-corrected chi connectivity index (χ1v) is 10.7. The Labute approximate surface area is 180 Å². The molecule has 2 amide bonds. The highest BCUT2D eigenvalue weighted by Crippen LogP contribution is 2.29. The monoisotopic (exact) mass is 426 g/mol. The Kier molecular flexibility index (Phi) is 6.07. The number of nitrogens with one attached hydrogen (secondary N) is 1. The molecule has 4 rings (SSSR count). The number of fused-ring (bicyclic) bond motifs is 1. The fraction of sp³-hybridized carbons (Fsp3) is 0.417. The lowest BCUT2D eigenvalue weighted by Gasteiger charge is -2.24. The molecule has 2 aliphatic heterocycles. The second-order valence-electron chi connectivity index (χ2n) is 8.62. The van der Waals surface area contributed by atoms with Crippen LogP contribution in [0.3, 0.4) is 0 Å². The van der Waals surface area contributed by atoms with Gasteiger partial charge in [-0.3, -0.25) is 9.59 Å². The number of carbonyl (C=O) groups is 2. The van der Waals surface area contributed by atoms with E-state index in [1.807, 2.05) is 6.07 Å². The fourth-order valence-electron chi connectivity index (χ4n) is 4.44. The zero-order valence-electron chi connectivity index (χ0n) is 17.3. The maximum absolute atomic E-state index is 13.4. The Morgan fingerprint density at radius 1 is 1.23 bits per heavy atom. The molecule has 2 unspecified atom stereocenters. The quantitative estimate of drug-likeness (QED) is 0.663. The molecule has 1 fully saturated rings. The minimum absolute atomic E-state index is 0.00522. The van der Waals surface area contributed by atoms with Crippen LogP contribution in [0.2, 0.25) is 0 Å².